The van der Waals surface area contributed by atoms with Gasteiger partial charge in [-0.25, -0.2) is 0 Å². The molecule has 3 rings (SSSR count). The minimum atomic E-state index is -0.455. The van der Waals surface area contributed by atoms with E-state index in [9.17, 15) is 10.1 Å². The molecule has 2 aromatic rings. The SMILES string of the molecule is COc1ccc(OCCN2C[C@@H](CN)[C@H](c3ccccc3)C2)c([N+](=O)[O-])c1.Cl. The summed E-state index contributed by atoms with van der Waals surface area (Å²) < 4.78 is 10.7. The van der Waals surface area contributed by atoms with E-state index in [1.165, 1.54) is 18.7 Å². The third-order valence-corrected chi connectivity index (χ3v) is 5.07. The first-order valence-corrected chi connectivity index (χ1v) is 9.05. The summed E-state index contributed by atoms with van der Waals surface area (Å²) in [6.45, 7) is 3.54. The molecule has 1 fully saturated rings. The number of halogens is 1. The second-order valence-electron chi connectivity index (χ2n) is 6.71. The van der Waals surface area contributed by atoms with Crippen LogP contribution in [0.4, 0.5) is 5.69 Å². The highest BCUT2D eigenvalue weighted by molar-refractivity contribution is 5.85. The first-order chi connectivity index (χ1) is 13.1. The van der Waals surface area contributed by atoms with Gasteiger partial charge in [0.05, 0.1) is 18.1 Å². The Morgan fingerprint density at radius 2 is 1.96 bits per heavy atom. The third-order valence-electron chi connectivity index (χ3n) is 5.07. The van der Waals surface area contributed by atoms with Gasteiger partial charge < -0.3 is 15.2 Å². The van der Waals surface area contributed by atoms with Gasteiger partial charge in [-0.1, -0.05) is 30.3 Å². The maximum Gasteiger partial charge on any atom is 0.314 e. The van der Waals surface area contributed by atoms with Crippen molar-refractivity contribution in [1.29, 1.82) is 0 Å². The smallest absolute Gasteiger partial charge is 0.314 e. The van der Waals surface area contributed by atoms with Crippen molar-refractivity contribution in [3.63, 3.8) is 0 Å². The van der Waals surface area contributed by atoms with Gasteiger partial charge in [-0.05, 0) is 30.2 Å². The van der Waals surface area contributed by atoms with Crippen molar-refractivity contribution in [3.8, 4) is 11.5 Å². The summed E-state index contributed by atoms with van der Waals surface area (Å²) in [5.41, 5.74) is 7.20. The number of benzene rings is 2. The van der Waals surface area contributed by atoms with Crippen molar-refractivity contribution in [2.75, 3.05) is 39.9 Å². The second kappa shape index (κ2) is 10.3. The Labute approximate surface area is 171 Å². The van der Waals surface area contributed by atoms with Gasteiger partial charge in [0.25, 0.3) is 0 Å². The molecule has 0 spiro atoms. The van der Waals surface area contributed by atoms with E-state index in [1.54, 1.807) is 12.1 Å². The lowest BCUT2D eigenvalue weighted by molar-refractivity contribution is -0.385. The van der Waals surface area contributed by atoms with Crippen LogP contribution < -0.4 is 15.2 Å². The Morgan fingerprint density at radius 3 is 2.61 bits per heavy atom. The number of nitro benzene ring substituents is 1. The Kier molecular flexibility index (Phi) is 8.04. The molecule has 0 aromatic heterocycles. The molecule has 0 bridgehead atoms. The van der Waals surface area contributed by atoms with Crippen LogP contribution in [0.3, 0.4) is 0 Å². The van der Waals surface area contributed by atoms with Crippen LogP contribution in [0.2, 0.25) is 0 Å². The van der Waals surface area contributed by atoms with Crippen molar-refractivity contribution in [2.24, 2.45) is 11.7 Å². The third kappa shape index (κ3) is 5.13. The van der Waals surface area contributed by atoms with Gasteiger partial charge >= 0.3 is 5.69 Å². The topological polar surface area (TPSA) is 90.9 Å². The van der Waals surface area contributed by atoms with E-state index < -0.39 is 4.92 Å². The molecule has 1 saturated heterocycles. The predicted molar refractivity (Wildman–Crippen MR) is 111 cm³/mol. The van der Waals surface area contributed by atoms with Gasteiger partial charge in [0.1, 0.15) is 12.4 Å². The van der Waals surface area contributed by atoms with Crippen molar-refractivity contribution in [1.82, 2.24) is 4.90 Å². The monoisotopic (exact) mass is 407 g/mol. The van der Waals surface area contributed by atoms with Gasteiger partial charge in [0.2, 0.25) is 0 Å². The van der Waals surface area contributed by atoms with E-state index in [4.69, 9.17) is 15.2 Å². The van der Waals surface area contributed by atoms with Crippen LogP contribution in [-0.4, -0.2) is 49.7 Å². The van der Waals surface area contributed by atoms with Crippen LogP contribution >= 0.6 is 12.4 Å². The molecule has 0 unspecified atom stereocenters. The molecule has 2 atom stereocenters. The molecule has 7 nitrogen and oxygen atoms in total. The summed E-state index contributed by atoms with van der Waals surface area (Å²) in [5, 5.41) is 11.2. The molecule has 0 aliphatic carbocycles. The van der Waals surface area contributed by atoms with E-state index in [2.05, 4.69) is 29.2 Å². The molecule has 28 heavy (non-hydrogen) atoms. The summed E-state index contributed by atoms with van der Waals surface area (Å²) in [5.74, 6) is 1.51. The number of likely N-dealkylation sites (tertiary alicyclic amines) is 1. The lowest BCUT2D eigenvalue weighted by Gasteiger charge is -2.17. The zero-order valence-electron chi connectivity index (χ0n) is 15.8. The summed E-state index contributed by atoms with van der Waals surface area (Å²) in [6, 6.07) is 15.0. The number of methoxy groups -OCH3 is 1. The number of nitrogens with zero attached hydrogens (tertiary/aromatic N) is 2. The van der Waals surface area contributed by atoms with Gasteiger partial charge in [-0.15, -0.1) is 12.4 Å². The van der Waals surface area contributed by atoms with Crippen LogP contribution in [0, 0.1) is 16.0 Å². The Morgan fingerprint density at radius 1 is 1.21 bits per heavy atom. The number of hydrogen-bond donors (Lipinski definition) is 1. The summed E-state index contributed by atoms with van der Waals surface area (Å²) >= 11 is 0. The van der Waals surface area contributed by atoms with E-state index in [0.717, 1.165) is 13.1 Å². The van der Waals surface area contributed by atoms with Gasteiger partial charge in [0, 0.05) is 25.6 Å². The second-order valence-corrected chi connectivity index (χ2v) is 6.71. The summed E-state index contributed by atoms with van der Waals surface area (Å²) in [6.07, 6.45) is 0. The summed E-state index contributed by atoms with van der Waals surface area (Å²) in [4.78, 5) is 13.1. The maximum atomic E-state index is 11.2. The Balaban J connectivity index is 0.00000280. The average molecular weight is 408 g/mol. The fourth-order valence-electron chi connectivity index (χ4n) is 3.63. The normalized spacial score (nSPS) is 19.1. The molecule has 152 valence electrons. The number of rotatable bonds is 8. The number of ether oxygens (including phenoxy) is 2. The number of hydrogen-bond acceptors (Lipinski definition) is 6. The van der Waals surface area contributed by atoms with Crippen molar-refractivity contribution >= 4 is 18.1 Å². The van der Waals surface area contributed by atoms with Crippen molar-refractivity contribution in [2.45, 2.75) is 5.92 Å². The first-order valence-electron chi connectivity index (χ1n) is 9.05. The van der Waals surface area contributed by atoms with Gasteiger partial charge in [-0.3, -0.25) is 15.0 Å². The molecular formula is C20H26ClN3O4. The average Bonchev–Trinajstić information content (AvgIpc) is 3.12. The Hall–Kier alpha value is -2.35. The lowest BCUT2D eigenvalue weighted by atomic mass is 9.89. The fourth-order valence-corrected chi connectivity index (χ4v) is 3.63. The molecule has 0 amide bonds. The van der Waals surface area contributed by atoms with Gasteiger partial charge in [0.15, 0.2) is 5.75 Å². The van der Waals surface area contributed by atoms with E-state index in [0.29, 0.717) is 37.3 Å². The van der Waals surface area contributed by atoms with Crippen LogP contribution in [0.1, 0.15) is 11.5 Å². The van der Waals surface area contributed by atoms with Crippen molar-refractivity contribution < 1.29 is 14.4 Å². The van der Waals surface area contributed by atoms with Gasteiger partial charge in [-0.2, -0.15) is 0 Å². The van der Waals surface area contributed by atoms with E-state index >= 15 is 0 Å². The maximum absolute atomic E-state index is 11.2. The molecule has 0 radical (unpaired) electrons. The van der Waals surface area contributed by atoms with Crippen LogP contribution in [0.25, 0.3) is 0 Å². The zero-order valence-corrected chi connectivity index (χ0v) is 16.6. The van der Waals surface area contributed by atoms with Crippen LogP contribution in [-0.2, 0) is 0 Å². The highest BCUT2D eigenvalue weighted by Crippen LogP contribution is 2.33. The van der Waals surface area contributed by atoms with Crippen LogP contribution in [0.5, 0.6) is 11.5 Å². The van der Waals surface area contributed by atoms with Crippen LogP contribution in [0.15, 0.2) is 48.5 Å². The first kappa shape index (κ1) is 21.9. The van der Waals surface area contributed by atoms with E-state index in [1.807, 2.05) is 6.07 Å². The quantitative estimate of drug-likeness (QED) is 0.534. The predicted octanol–water partition coefficient (Wildman–Crippen LogP) is 3.08. The summed E-state index contributed by atoms with van der Waals surface area (Å²) in [7, 11) is 1.48. The molecule has 1 aliphatic rings. The highest BCUT2D eigenvalue weighted by atomic mass is 35.5. The molecule has 2 N–H and O–H groups in total. The molecular weight excluding hydrogens is 382 g/mol. The highest BCUT2D eigenvalue weighted by Gasteiger charge is 2.32. The molecule has 1 heterocycles. The van der Waals surface area contributed by atoms with E-state index in [-0.39, 0.29) is 23.8 Å². The Bertz CT molecular complexity index is 775. The number of nitro groups is 1. The lowest BCUT2D eigenvalue weighted by Crippen LogP contribution is -2.27. The minimum Gasteiger partial charge on any atom is -0.496 e. The largest absolute Gasteiger partial charge is 0.496 e. The molecule has 8 heteroatoms. The fraction of sp³-hybridized carbons (Fsp3) is 0.400. The number of nitrogens with two attached hydrogens (primary N) is 1. The minimum absolute atomic E-state index is 0. The van der Waals surface area contributed by atoms with Crippen molar-refractivity contribution in [3.05, 3.63) is 64.2 Å². The standard InChI is InChI=1S/C20H25N3O4.ClH/c1-26-17-7-8-20(19(11-17)23(24)25)27-10-9-22-13-16(12-21)18(14-22)15-5-3-2-4-6-15;/h2-8,11,16,18H,9-10,12-14,21H2,1H3;1H/t16-,18+;/m1./s1. The molecule has 2 aromatic carbocycles. The zero-order chi connectivity index (χ0) is 19.2. The molecule has 1 aliphatic heterocycles. The molecule has 0 saturated carbocycles.